The number of primary amides is 1. The summed E-state index contributed by atoms with van der Waals surface area (Å²) in [6.07, 6.45) is 5.10. The molecule has 0 aliphatic heterocycles. The first-order valence-corrected chi connectivity index (χ1v) is 3.01. The Kier molecular flexibility index (Phi) is 1.93. The predicted molar refractivity (Wildman–Crippen MR) is 41.7 cm³/mol. The fraction of sp³-hybridized carbons (Fsp3) is 0. The van der Waals surface area contributed by atoms with Gasteiger partial charge in [0.2, 0.25) is 5.91 Å². The SMILES string of the molecule is C#Cc1c[c]cc(C(N)=O)c1. The fourth-order valence-electron chi connectivity index (χ4n) is 0.698. The number of terminal acetylenes is 1. The number of carbonyl (C=O) groups is 1. The Morgan fingerprint density at radius 3 is 2.91 bits per heavy atom. The molecule has 0 heterocycles. The average Bonchev–Trinajstić information content (AvgIpc) is 2.05. The Balaban J connectivity index is 3.13. The number of nitrogens with two attached hydrogens (primary N) is 1. The van der Waals surface area contributed by atoms with Gasteiger partial charge in [-0.1, -0.05) is 5.92 Å². The van der Waals surface area contributed by atoms with Crippen LogP contribution in [-0.2, 0) is 0 Å². The normalized spacial score (nSPS) is 8.64. The van der Waals surface area contributed by atoms with Gasteiger partial charge in [-0.3, -0.25) is 4.79 Å². The quantitative estimate of drug-likeness (QED) is 0.575. The molecule has 0 spiro atoms. The van der Waals surface area contributed by atoms with Gasteiger partial charge in [-0.25, -0.2) is 0 Å². The summed E-state index contributed by atoms with van der Waals surface area (Å²) in [6.45, 7) is 0. The van der Waals surface area contributed by atoms with Gasteiger partial charge in [0.1, 0.15) is 0 Å². The van der Waals surface area contributed by atoms with E-state index in [0.717, 1.165) is 0 Å². The van der Waals surface area contributed by atoms with E-state index < -0.39 is 5.91 Å². The van der Waals surface area contributed by atoms with Gasteiger partial charge >= 0.3 is 0 Å². The number of hydrogen-bond donors (Lipinski definition) is 1. The molecule has 0 atom stereocenters. The van der Waals surface area contributed by atoms with E-state index >= 15 is 0 Å². The maximum atomic E-state index is 10.6. The first-order chi connectivity index (χ1) is 5.24. The molecule has 0 fully saturated rings. The van der Waals surface area contributed by atoms with E-state index in [4.69, 9.17) is 12.2 Å². The molecule has 0 aromatic heterocycles. The zero-order valence-corrected chi connectivity index (χ0v) is 5.79. The molecule has 53 valence electrons. The van der Waals surface area contributed by atoms with Crippen LogP contribution in [0.1, 0.15) is 15.9 Å². The van der Waals surface area contributed by atoms with Crippen molar-refractivity contribution in [3.8, 4) is 12.3 Å². The van der Waals surface area contributed by atoms with Crippen molar-refractivity contribution in [2.75, 3.05) is 0 Å². The molecule has 0 aliphatic rings. The van der Waals surface area contributed by atoms with Crippen molar-refractivity contribution >= 4 is 5.91 Å². The highest BCUT2D eigenvalue weighted by Gasteiger charge is 1.98. The molecule has 1 amide bonds. The van der Waals surface area contributed by atoms with Gasteiger partial charge in [0.05, 0.1) is 0 Å². The lowest BCUT2D eigenvalue weighted by atomic mass is 10.1. The lowest BCUT2D eigenvalue weighted by molar-refractivity contribution is 0.100. The first-order valence-electron chi connectivity index (χ1n) is 3.01. The fourth-order valence-corrected chi connectivity index (χ4v) is 0.698. The number of amides is 1. The minimum absolute atomic E-state index is 0.389. The van der Waals surface area contributed by atoms with E-state index in [1.54, 1.807) is 12.1 Å². The summed E-state index contributed by atoms with van der Waals surface area (Å²) in [6, 6.07) is 7.39. The van der Waals surface area contributed by atoms with Crippen molar-refractivity contribution in [2.45, 2.75) is 0 Å². The van der Waals surface area contributed by atoms with Crippen LogP contribution in [0.3, 0.4) is 0 Å². The van der Waals surface area contributed by atoms with Crippen molar-refractivity contribution in [2.24, 2.45) is 5.73 Å². The van der Waals surface area contributed by atoms with E-state index in [9.17, 15) is 4.79 Å². The topological polar surface area (TPSA) is 43.1 Å². The van der Waals surface area contributed by atoms with E-state index in [2.05, 4.69) is 12.0 Å². The summed E-state index contributed by atoms with van der Waals surface area (Å²) in [5.74, 6) is 1.90. The van der Waals surface area contributed by atoms with Gasteiger partial charge in [0.25, 0.3) is 0 Å². The van der Waals surface area contributed by atoms with Crippen LogP contribution in [-0.4, -0.2) is 5.91 Å². The second-order valence-electron chi connectivity index (χ2n) is 2.02. The Hall–Kier alpha value is -1.75. The zero-order chi connectivity index (χ0) is 8.27. The summed E-state index contributed by atoms with van der Waals surface area (Å²) in [5, 5.41) is 0. The summed E-state index contributed by atoms with van der Waals surface area (Å²) in [5.41, 5.74) is 6.01. The van der Waals surface area contributed by atoms with Gasteiger partial charge in [-0.2, -0.15) is 0 Å². The Morgan fingerprint density at radius 1 is 1.64 bits per heavy atom. The maximum absolute atomic E-state index is 10.6. The first kappa shape index (κ1) is 7.36. The molecular weight excluding hydrogens is 138 g/mol. The second kappa shape index (κ2) is 2.89. The molecule has 1 aromatic rings. The number of rotatable bonds is 1. The zero-order valence-electron chi connectivity index (χ0n) is 5.79. The van der Waals surface area contributed by atoms with E-state index in [0.29, 0.717) is 11.1 Å². The average molecular weight is 144 g/mol. The van der Waals surface area contributed by atoms with Gasteiger partial charge in [0.15, 0.2) is 0 Å². The van der Waals surface area contributed by atoms with Gasteiger partial charge in [-0.15, -0.1) is 6.42 Å². The van der Waals surface area contributed by atoms with Crippen LogP contribution in [0.2, 0.25) is 0 Å². The molecule has 1 radical (unpaired) electrons. The minimum atomic E-state index is -0.488. The maximum Gasteiger partial charge on any atom is 0.248 e. The molecule has 0 saturated carbocycles. The summed E-state index contributed by atoms with van der Waals surface area (Å²) in [4.78, 5) is 10.6. The van der Waals surface area contributed by atoms with E-state index in [1.807, 2.05) is 0 Å². The lowest BCUT2D eigenvalue weighted by Gasteiger charge is -1.93. The third-order valence-electron chi connectivity index (χ3n) is 1.24. The molecule has 1 aromatic carbocycles. The smallest absolute Gasteiger partial charge is 0.248 e. The highest BCUT2D eigenvalue weighted by molar-refractivity contribution is 5.93. The third kappa shape index (κ3) is 1.59. The van der Waals surface area contributed by atoms with E-state index in [1.165, 1.54) is 6.07 Å². The predicted octanol–water partition coefficient (Wildman–Crippen LogP) is 0.567. The van der Waals surface area contributed by atoms with Gasteiger partial charge < -0.3 is 5.73 Å². The second-order valence-corrected chi connectivity index (χ2v) is 2.02. The van der Waals surface area contributed by atoms with Crippen molar-refractivity contribution in [3.63, 3.8) is 0 Å². The largest absolute Gasteiger partial charge is 0.366 e. The highest BCUT2D eigenvalue weighted by atomic mass is 16.1. The molecule has 2 N–H and O–H groups in total. The summed E-state index contributed by atoms with van der Waals surface area (Å²) in [7, 11) is 0. The van der Waals surface area contributed by atoms with Crippen LogP contribution in [0.15, 0.2) is 18.2 Å². The number of carbonyl (C=O) groups excluding carboxylic acids is 1. The Labute approximate surface area is 65.0 Å². The molecule has 0 saturated heterocycles. The van der Waals surface area contributed by atoms with Crippen LogP contribution in [0.4, 0.5) is 0 Å². The van der Waals surface area contributed by atoms with Crippen LogP contribution in [0.25, 0.3) is 0 Å². The van der Waals surface area contributed by atoms with E-state index in [-0.39, 0.29) is 0 Å². The number of benzene rings is 1. The lowest BCUT2D eigenvalue weighted by Crippen LogP contribution is -2.10. The molecule has 1 rings (SSSR count). The monoisotopic (exact) mass is 144 g/mol. The molecule has 0 bridgehead atoms. The van der Waals surface area contributed by atoms with Crippen LogP contribution >= 0.6 is 0 Å². The minimum Gasteiger partial charge on any atom is -0.366 e. The highest BCUT2D eigenvalue weighted by Crippen LogP contribution is 2.01. The molecule has 0 aliphatic carbocycles. The summed E-state index contributed by atoms with van der Waals surface area (Å²) < 4.78 is 0. The molecule has 2 nitrogen and oxygen atoms in total. The molecule has 0 unspecified atom stereocenters. The van der Waals surface area contributed by atoms with Crippen molar-refractivity contribution in [1.82, 2.24) is 0 Å². The molecular formula is C9H6NO. The van der Waals surface area contributed by atoms with Crippen LogP contribution < -0.4 is 5.73 Å². The van der Waals surface area contributed by atoms with Crippen LogP contribution in [0, 0.1) is 18.4 Å². The number of hydrogen-bond acceptors (Lipinski definition) is 1. The molecule has 2 heteroatoms. The van der Waals surface area contributed by atoms with Crippen molar-refractivity contribution < 1.29 is 4.79 Å². The summed E-state index contributed by atoms with van der Waals surface area (Å²) >= 11 is 0. The van der Waals surface area contributed by atoms with Crippen molar-refractivity contribution in [3.05, 3.63) is 35.4 Å². The van der Waals surface area contributed by atoms with Gasteiger partial charge in [0, 0.05) is 11.1 Å². The Morgan fingerprint density at radius 2 is 2.36 bits per heavy atom. The standard InChI is InChI=1S/C9H6NO/c1-2-7-4-3-5-8(6-7)9(10)11/h1,4-6H,(H2,10,11). The van der Waals surface area contributed by atoms with Crippen LogP contribution in [0.5, 0.6) is 0 Å². The van der Waals surface area contributed by atoms with Gasteiger partial charge in [-0.05, 0) is 24.3 Å². The molecule has 11 heavy (non-hydrogen) atoms. The Bertz CT molecular complexity index is 323. The third-order valence-corrected chi connectivity index (χ3v) is 1.24. The van der Waals surface area contributed by atoms with Crippen molar-refractivity contribution in [1.29, 1.82) is 0 Å².